The third-order valence-electron chi connectivity index (χ3n) is 5.52. The van der Waals surface area contributed by atoms with Crippen LogP contribution in [-0.2, 0) is 16.1 Å². The minimum Gasteiger partial charge on any atom is -0.454 e. The van der Waals surface area contributed by atoms with Gasteiger partial charge in [-0.1, -0.05) is 23.4 Å². The molecule has 2 aliphatic heterocycles. The van der Waals surface area contributed by atoms with Crippen molar-refractivity contribution < 1.29 is 19.0 Å². The molecule has 1 amide bonds. The van der Waals surface area contributed by atoms with Crippen molar-refractivity contribution in [3.05, 3.63) is 47.5 Å². The number of nitrogens with zero attached hydrogens (tertiary/aromatic N) is 3. The van der Waals surface area contributed by atoms with Gasteiger partial charge in [0, 0.05) is 28.9 Å². The largest absolute Gasteiger partial charge is 0.454 e. The van der Waals surface area contributed by atoms with Gasteiger partial charge in [0.25, 0.3) is 0 Å². The number of carbonyl (C=O) groups is 1. The van der Waals surface area contributed by atoms with Crippen molar-refractivity contribution in [3.8, 4) is 22.9 Å². The van der Waals surface area contributed by atoms with Crippen LogP contribution in [-0.4, -0.2) is 45.4 Å². The molecule has 0 spiro atoms. The Morgan fingerprint density at radius 3 is 2.82 bits per heavy atom. The fourth-order valence-electron chi connectivity index (χ4n) is 3.77. The van der Waals surface area contributed by atoms with Gasteiger partial charge < -0.3 is 19.5 Å². The number of halogens is 1. The number of ether oxygens (including phenoxy) is 3. The number of thioether (sulfide) groups is 1. The number of carbonyl (C=O) groups excluding carboxylic acids is 1. The van der Waals surface area contributed by atoms with E-state index < -0.39 is 5.25 Å². The van der Waals surface area contributed by atoms with E-state index in [2.05, 4.69) is 15.5 Å². The second-order valence-electron chi connectivity index (χ2n) is 7.88. The van der Waals surface area contributed by atoms with Crippen LogP contribution in [0, 0.1) is 0 Å². The molecule has 3 aromatic rings. The molecule has 2 atom stereocenters. The predicted octanol–water partition coefficient (Wildman–Crippen LogP) is 4.63. The molecule has 172 valence electrons. The first-order valence-electron chi connectivity index (χ1n) is 10.7. The molecule has 2 aromatic carbocycles. The molecular weight excluding hydrogens is 464 g/mol. The van der Waals surface area contributed by atoms with E-state index in [1.165, 1.54) is 11.8 Å². The van der Waals surface area contributed by atoms with E-state index in [1.807, 2.05) is 35.8 Å². The molecule has 8 nitrogen and oxygen atoms in total. The summed E-state index contributed by atoms with van der Waals surface area (Å²) in [5, 5.41) is 12.7. The molecule has 1 fully saturated rings. The summed E-state index contributed by atoms with van der Waals surface area (Å²) in [6.07, 6.45) is 2.13. The van der Waals surface area contributed by atoms with Crippen molar-refractivity contribution in [1.29, 1.82) is 0 Å². The van der Waals surface area contributed by atoms with Crippen LogP contribution >= 0.6 is 23.4 Å². The maximum atomic E-state index is 12.9. The number of hydrogen-bond acceptors (Lipinski definition) is 7. The van der Waals surface area contributed by atoms with Crippen molar-refractivity contribution in [2.45, 2.75) is 42.8 Å². The Morgan fingerprint density at radius 2 is 2.03 bits per heavy atom. The molecule has 2 aliphatic rings. The van der Waals surface area contributed by atoms with Gasteiger partial charge in [-0.3, -0.25) is 9.36 Å². The number of amides is 1. The standard InChI is InChI=1S/C23H23ClN4O4S/c1-14(22(29)25-17-8-9-19-20(11-17)32-13-31-19)33-23-27-26-21(15-4-6-16(24)7-5-15)28(23)12-18-3-2-10-30-18/h4-9,11,14,18H,2-3,10,12-13H2,1H3,(H,25,29). The Hall–Kier alpha value is -2.75. The normalized spacial score (nSPS) is 17.8. The zero-order valence-corrected chi connectivity index (χ0v) is 19.6. The molecule has 1 aromatic heterocycles. The Labute approximate surface area is 200 Å². The summed E-state index contributed by atoms with van der Waals surface area (Å²) in [7, 11) is 0. The summed E-state index contributed by atoms with van der Waals surface area (Å²) in [5.74, 6) is 1.89. The molecule has 0 aliphatic carbocycles. The number of nitrogens with one attached hydrogen (secondary N) is 1. The van der Waals surface area contributed by atoms with Crippen molar-refractivity contribution >= 4 is 35.0 Å². The lowest BCUT2D eigenvalue weighted by Gasteiger charge is -2.16. The highest BCUT2D eigenvalue weighted by atomic mass is 35.5. The van der Waals surface area contributed by atoms with Crippen molar-refractivity contribution in [1.82, 2.24) is 14.8 Å². The van der Waals surface area contributed by atoms with Gasteiger partial charge in [0.15, 0.2) is 22.5 Å². The van der Waals surface area contributed by atoms with E-state index in [0.717, 1.165) is 30.8 Å². The lowest BCUT2D eigenvalue weighted by Crippen LogP contribution is -2.23. The summed E-state index contributed by atoms with van der Waals surface area (Å²) in [6, 6.07) is 12.8. The van der Waals surface area contributed by atoms with Gasteiger partial charge in [-0.05, 0) is 56.2 Å². The first kappa shape index (κ1) is 22.1. The lowest BCUT2D eigenvalue weighted by atomic mass is 10.2. The zero-order chi connectivity index (χ0) is 22.8. The van der Waals surface area contributed by atoms with Gasteiger partial charge in [-0.25, -0.2) is 0 Å². The van der Waals surface area contributed by atoms with E-state index in [4.69, 9.17) is 25.8 Å². The van der Waals surface area contributed by atoms with Crippen LogP contribution in [0.25, 0.3) is 11.4 Å². The average molecular weight is 487 g/mol. The van der Waals surface area contributed by atoms with Crippen LogP contribution in [0.4, 0.5) is 5.69 Å². The Kier molecular flexibility index (Phi) is 6.43. The number of hydrogen-bond donors (Lipinski definition) is 1. The van der Waals surface area contributed by atoms with Crippen LogP contribution in [0.5, 0.6) is 11.5 Å². The van der Waals surface area contributed by atoms with Crippen molar-refractivity contribution in [3.63, 3.8) is 0 Å². The fourth-order valence-corrected chi connectivity index (χ4v) is 4.76. The highest BCUT2D eigenvalue weighted by Gasteiger charge is 2.25. The summed E-state index contributed by atoms with van der Waals surface area (Å²) < 4.78 is 18.6. The quantitative estimate of drug-likeness (QED) is 0.487. The van der Waals surface area contributed by atoms with Crippen LogP contribution in [0.1, 0.15) is 19.8 Å². The minimum absolute atomic E-state index is 0.101. The number of aromatic nitrogens is 3. The summed E-state index contributed by atoms with van der Waals surface area (Å²) >= 11 is 7.42. The third kappa shape index (κ3) is 4.95. The second kappa shape index (κ2) is 9.62. The van der Waals surface area contributed by atoms with Gasteiger partial charge in [-0.15, -0.1) is 10.2 Å². The highest BCUT2D eigenvalue weighted by Crippen LogP contribution is 2.35. The highest BCUT2D eigenvalue weighted by molar-refractivity contribution is 8.00. The van der Waals surface area contributed by atoms with Crippen LogP contribution in [0.15, 0.2) is 47.6 Å². The Bertz CT molecular complexity index is 1150. The van der Waals surface area contributed by atoms with Gasteiger partial charge in [0.1, 0.15) is 0 Å². The third-order valence-corrected chi connectivity index (χ3v) is 6.85. The maximum Gasteiger partial charge on any atom is 0.237 e. The Balaban J connectivity index is 1.34. The molecule has 0 radical (unpaired) electrons. The number of fused-ring (bicyclic) bond motifs is 1. The molecule has 1 N–H and O–H groups in total. The smallest absolute Gasteiger partial charge is 0.237 e. The monoisotopic (exact) mass is 486 g/mol. The number of rotatable bonds is 7. The molecule has 2 unspecified atom stereocenters. The SMILES string of the molecule is CC(Sc1nnc(-c2ccc(Cl)cc2)n1CC1CCCO1)C(=O)Nc1ccc2c(c1)OCO2. The summed E-state index contributed by atoms with van der Waals surface area (Å²) in [4.78, 5) is 12.9. The van der Waals surface area contributed by atoms with E-state index in [-0.39, 0.29) is 18.8 Å². The molecule has 3 heterocycles. The van der Waals surface area contributed by atoms with E-state index in [1.54, 1.807) is 18.2 Å². The summed E-state index contributed by atoms with van der Waals surface area (Å²) in [6.45, 7) is 3.43. The number of benzene rings is 2. The van der Waals surface area contributed by atoms with E-state index in [0.29, 0.717) is 33.9 Å². The fraction of sp³-hybridized carbons (Fsp3) is 0.348. The van der Waals surface area contributed by atoms with Gasteiger partial charge >= 0.3 is 0 Å². The second-order valence-corrected chi connectivity index (χ2v) is 9.62. The van der Waals surface area contributed by atoms with Crippen LogP contribution in [0.3, 0.4) is 0 Å². The first-order valence-corrected chi connectivity index (χ1v) is 12.0. The van der Waals surface area contributed by atoms with Gasteiger partial charge in [0.05, 0.1) is 17.9 Å². The molecular formula is C23H23ClN4O4S. The predicted molar refractivity (Wildman–Crippen MR) is 126 cm³/mol. The Morgan fingerprint density at radius 1 is 1.21 bits per heavy atom. The first-order chi connectivity index (χ1) is 16.1. The maximum absolute atomic E-state index is 12.9. The molecule has 1 saturated heterocycles. The van der Waals surface area contributed by atoms with Crippen molar-refractivity contribution in [2.24, 2.45) is 0 Å². The lowest BCUT2D eigenvalue weighted by molar-refractivity contribution is -0.115. The summed E-state index contributed by atoms with van der Waals surface area (Å²) in [5.41, 5.74) is 1.56. The molecule has 5 rings (SSSR count). The van der Waals surface area contributed by atoms with Crippen LogP contribution in [0.2, 0.25) is 5.02 Å². The molecule has 33 heavy (non-hydrogen) atoms. The van der Waals surface area contributed by atoms with Crippen LogP contribution < -0.4 is 14.8 Å². The van der Waals surface area contributed by atoms with Gasteiger partial charge in [0.2, 0.25) is 12.7 Å². The average Bonchev–Trinajstić information content (AvgIpc) is 3.57. The minimum atomic E-state index is -0.402. The zero-order valence-electron chi connectivity index (χ0n) is 18.0. The molecule has 0 saturated carbocycles. The van der Waals surface area contributed by atoms with E-state index >= 15 is 0 Å². The topological polar surface area (TPSA) is 87.5 Å². The molecule has 0 bridgehead atoms. The van der Waals surface area contributed by atoms with E-state index in [9.17, 15) is 4.79 Å². The molecule has 10 heteroatoms. The number of anilines is 1. The van der Waals surface area contributed by atoms with Crippen molar-refractivity contribution in [2.75, 3.05) is 18.7 Å². The van der Waals surface area contributed by atoms with Gasteiger partial charge in [-0.2, -0.15) is 0 Å².